The maximum absolute atomic E-state index is 11.5. The SMILES string of the molecule is CC(C)OCC(=O)NCC1(O)CCCCCC1. The van der Waals surface area contributed by atoms with Gasteiger partial charge in [0, 0.05) is 6.54 Å². The maximum atomic E-state index is 11.5. The van der Waals surface area contributed by atoms with Crippen molar-refractivity contribution in [3.8, 4) is 0 Å². The minimum Gasteiger partial charge on any atom is -0.388 e. The highest BCUT2D eigenvalue weighted by Gasteiger charge is 2.28. The first-order valence-corrected chi connectivity index (χ1v) is 6.62. The average molecular weight is 243 g/mol. The van der Waals surface area contributed by atoms with Crippen LogP contribution < -0.4 is 5.32 Å². The van der Waals surface area contributed by atoms with Crippen molar-refractivity contribution in [2.45, 2.75) is 64.1 Å². The Labute approximate surface area is 104 Å². The number of hydrogen-bond donors (Lipinski definition) is 2. The third-order valence-corrected chi connectivity index (χ3v) is 3.20. The van der Waals surface area contributed by atoms with Gasteiger partial charge in [-0.15, -0.1) is 0 Å². The molecule has 1 amide bonds. The first-order chi connectivity index (χ1) is 8.02. The summed E-state index contributed by atoms with van der Waals surface area (Å²) in [5, 5.41) is 13.1. The Morgan fingerprint density at radius 3 is 2.41 bits per heavy atom. The summed E-state index contributed by atoms with van der Waals surface area (Å²) in [7, 11) is 0. The molecule has 0 saturated heterocycles. The average Bonchev–Trinajstić information content (AvgIpc) is 2.49. The van der Waals surface area contributed by atoms with Gasteiger partial charge in [0.15, 0.2) is 0 Å². The lowest BCUT2D eigenvalue weighted by atomic mass is 9.94. The van der Waals surface area contributed by atoms with Crippen LogP contribution in [0.5, 0.6) is 0 Å². The van der Waals surface area contributed by atoms with E-state index in [4.69, 9.17) is 4.74 Å². The predicted molar refractivity (Wildman–Crippen MR) is 66.7 cm³/mol. The minimum atomic E-state index is -0.704. The zero-order valence-electron chi connectivity index (χ0n) is 11.0. The molecule has 1 fully saturated rings. The second kappa shape index (κ2) is 6.97. The molecular weight excluding hydrogens is 218 g/mol. The zero-order chi connectivity index (χ0) is 12.7. The van der Waals surface area contributed by atoms with Crippen LogP contribution in [0.25, 0.3) is 0 Å². The van der Waals surface area contributed by atoms with Gasteiger partial charge < -0.3 is 15.2 Å². The fraction of sp³-hybridized carbons (Fsp3) is 0.923. The third kappa shape index (κ3) is 6.03. The summed E-state index contributed by atoms with van der Waals surface area (Å²) in [5.74, 6) is -0.142. The number of ether oxygens (including phenoxy) is 1. The van der Waals surface area contributed by atoms with E-state index in [1.165, 1.54) is 12.8 Å². The molecule has 4 heteroatoms. The summed E-state index contributed by atoms with van der Waals surface area (Å²) >= 11 is 0. The molecule has 0 aromatic rings. The first-order valence-electron chi connectivity index (χ1n) is 6.62. The van der Waals surface area contributed by atoms with E-state index in [1.54, 1.807) is 0 Å². The molecule has 0 spiro atoms. The smallest absolute Gasteiger partial charge is 0.246 e. The molecule has 0 bridgehead atoms. The van der Waals surface area contributed by atoms with Gasteiger partial charge >= 0.3 is 0 Å². The highest BCUT2D eigenvalue weighted by atomic mass is 16.5. The summed E-state index contributed by atoms with van der Waals surface area (Å²) in [6.07, 6.45) is 6.11. The normalized spacial score (nSPS) is 20.0. The number of carbonyl (C=O) groups excluding carboxylic acids is 1. The molecule has 0 aliphatic heterocycles. The fourth-order valence-corrected chi connectivity index (χ4v) is 2.12. The topological polar surface area (TPSA) is 58.6 Å². The van der Waals surface area contributed by atoms with Crippen LogP contribution >= 0.6 is 0 Å². The molecule has 0 aromatic carbocycles. The van der Waals surface area contributed by atoms with Gasteiger partial charge in [0.25, 0.3) is 0 Å². The molecule has 0 unspecified atom stereocenters. The highest BCUT2D eigenvalue weighted by Crippen LogP contribution is 2.26. The van der Waals surface area contributed by atoms with E-state index in [0.29, 0.717) is 6.54 Å². The van der Waals surface area contributed by atoms with Crippen LogP contribution in [0, 0.1) is 0 Å². The van der Waals surface area contributed by atoms with Crippen LogP contribution in [0.4, 0.5) is 0 Å². The van der Waals surface area contributed by atoms with E-state index < -0.39 is 5.60 Å². The summed E-state index contributed by atoms with van der Waals surface area (Å²) in [6.45, 7) is 4.22. The van der Waals surface area contributed by atoms with Crippen LogP contribution in [0.15, 0.2) is 0 Å². The van der Waals surface area contributed by atoms with Crippen LogP contribution in [-0.4, -0.2) is 35.9 Å². The molecule has 2 N–H and O–H groups in total. The largest absolute Gasteiger partial charge is 0.388 e. The predicted octanol–water partition coefficient (Wildman–Crippen LogP) is 1.61. The number of amides is 1. The highest BCUT2D eigenvalue weighted by molar-refractivity contribution is 5.77. The molecule has 1 aliphatic rings. The Bertz CT molecular complexity index is 233. The number of aliphatic hydroxyl groups is 1. The molecule has 1 saturated carbocycles. The fourth-order valence-electron chi connectivity index (χ4n) is 2.12. The maximum Gasteiger partial charge on any atom is 0.246 e. The van der Waals surface area contributed by atoms with Gasteiger partial charge in [0.05, 0.1) is 11.7 Å². The van der Waals surface area contributed by atoms with E-state index in [2.05, 4.69) is 5.32 Å². The van der Waals surface area contributed by atoms with Crippen molar-refractivity contribution in [1.82, 2.24) is 5.32 Å². The van der Waals surface area contributed by atoms with E-state index in [9.17, 15) is 9.90 Å². The van der Waals surface area contributed by atoms with Gasteiger partial charge in [-0.25, -0.2) is 0 Å². The lowest BCUT2D eigenvalue weighted by molar-refractivity contribution is -0.128. The van der Waals surface area contributed by atoms with Gasteiger partial charge in [0.1, 0.15) is 6.61 Å². The molecule has 100 valence electrons. The van der Waals surface area contributed by atoms with E-state index in [1.807, 2.05) is 13.8 Å². The standard InChI is InChI=1S/C13H25NO3/c1-11(2)17-9-12(15)14-10-13(16)7-5-3-4-6-8-13/h11,16H,3-10H2,1-2H3,(H,14,15). The molecule has 0 aromatic heterocycles. The Kier molecular flexibility index (Phi) is 5.92. The zero-order valence-corrected chi connectivity index (χ0v) is 11.0. The second-order valence-electron chi connectivity index (χ2n) is 5.28. The van der Waals surface area contributed by atoms with Crippen molar-refractivity contribution in [1.29, 1.82) is 0 Å². The van der Waals surface area contributed by atoms with E-state index >= 15 is 0 Å². The summed E-state index contributed by atoms with van der Waals surface area (Å²) in [5.41, 5.74) is -0.704. The third-order valence-electron chi connectivity index (χ3n) is 3.20. The molecule has 0 heterocycles. The number of hydrogen-bond acceptors (Lipinski definition) is 3. The number of carbonyl (C=O) groups is 1. The molecule has 0 radical (unpaired) electrons. The van der Waals surface area contributed by atoms with Crippen molar-refractivity contribution in [3.05, 3.63) is 0 Å². The molecular formula is C13H25NO3. The lowest BCUT2D eigenvalue weighted by Crippen LogP contribution is -2.43. The molecule has 4 nitrogen and oxygen atoms in total. The number of rotatable bonds is 5. The molecule has 17 heavy (non-hydrogen) atoms. The first kappa shape index (κ1) is 14.5. The summed E-state index contributed by atoms with van der Waals surface area (Å²) in [6, 6.07) is 0. The quantitative estimate of drug-likeness (QED) is 0.721. The minimum absolute atomic E-state index is 0.0571. The van der Waals surface area contributed by atoms with Gasteiger partial charge in [-0.2, -0.15) is 0 Å². The van der Waals surface area contributed by atoms with E-state index in [0.717, 1.165) is 25.7 Å². The molecule has 1 rings (SSSR count). The van der Waals surface area contributed by atoms with Gasteiger partial charge in [-0.05, 0) is 26.7 Å². The van der Waals surface area contributed by atoms with Gasteiger partial charge in [0.2, 0.25) is 5.91 Å². The van der Waals surface area contributed by atoms with Crippen LogP contribution in [-0.2, 0) is 9.53 Å². The summed E-state index contributed by atoms with van der Waals surface area (Å²) in [4.78, 5) is 11.5. The Hall–Kier alpha value is -0.610. The van der Waals surface area contributed by atoms with Crippen molar-refractivity contribution < 1.29 is 14.6 Å². The van der Waals surface area contributed by atoms with Crippen LogP contribution in [0.1, 0.15) is 52.4 Å². The van der Waals surface area contributed by atoms with Gasteiger partial charge in [-0.3, -0.25) is 4.79 Å². The Morgan fingerprint density at radius 2 is 1.88 bits per heavy atom. The van der Waals surface area contributed by atoms with Crippen molar-refractivity contribution in [3.63, 3.8) is 0 Å². The monoisotopic (exact) mass is 243 g/mol. The molecule has 0 atom stereocenters. The van der Waals surface area contributed by atoms with Crippen LogP contribution in [0.3, 0.4) is 0 Å². The Balaban J connectivity index is 2.25. The Morgan fingerprint density at radius 1 is 1.29 bits per heavy atom. The van der Waals surface area contributed by atoms with E-state index in [-0.39, 0.29) is 18.6 Å². The van der Waals surface area contributed by atoms with Crippen molar-refractivity contribution in [2.75, 3.05) is 13.2 Å². The number of nitrogens with one attached hydrogen (secondary N) is 1. The summed E-state index contributed by atoms with van der Waals surface area (Å²) < 4.78 is 5.21. The van der Waals surface area contributed by atoms with Gasteiger partial charge in [-0.1, -0.05) is 25.7 Å². The lowest BCUT2D eigenvalue weighted by Gasteiger charge is -2.26. The van der Waals surface area contributed by atoms with Crippen molar-refractivity contribution >= 4 is 5.91 Å². The van der Waals surface area contributed by atoms with Crippen molar-refractivity contribution in [2.24, 2.45) is 0 Å². The van der Waals surface area contributed by atoms with Crippen LogP contribution in [0.2, 0.25) is 0 Å². The molecule has 1 aliphatic carbocycles. The second-order valence-corrected chi connectivity index (χ2v) is 5.28.